The van der Waals surface area contributed by atoms with E-state index in [1.165, 1.54) is 7.05 Å². The van der Waals surface area contributed by atoms with E-state index in [0.717, 1.165) is 5.56 Å². The van der Waals surface area contributed by atoms with Gasteiger partial charge in [-0.2, -0.15) is 0 Å². The Hall–Kier alpha value is -1.75. The van der Waals surface area contributed by atoms with E-state index in [1.54, 1.807) is 6.07 Å². The van der Waals surface area contributed by atoms with Crippen molar-refractivity contribution in [1.82, 2.24) is 16.0 Å². The van der Waals surface area contributed by atoms with E-state index in [0.29, 0.717) is 24.5 Å². The monoisotopic (exact) mass is 297 g/mol. The van der Waals surface area contributed by atoms with Gasteiger partial charge in [0, 0.05) is 25.2 Å². The highest BCUT2D eigenvalue weighted by atomic mass is 35.5. The molecule has 0 aliphatic heterocycles. The van der Waals surface area contributed by atoms with Crippen LogP contribution < -0.4 is 16.0 Å². The van der Waals surface area contributed by atoms with Crippen molar-refractivity contribution < 1.29 is 9.59 Å². The summed E-state index contributed by atoms with van der Waals surface area (Å²) in [5.41, 5.74) is 0.944. The molecule has 1 unspecified atom stereocenters. The van der Waals surface area contributed by atoms with Crippen molar-refractivity contribution in [3.8, 4) is 0 Å². The molecule has 0 fully saturated rings. The summed E-state index contributed by atoms with van der Waals surface area (Å²) in [4.78, 5) is 23.1. The number of hydrogen-bond donors (Lipinski definition) is 3. The third kappa shape index (κ3) is 5.48. The van der Waals surface area contributed by atoms with Gasteiger partial charge in [0.25, 0.3) is 0 Å². The zero-order chi connectivity index (χ0) is 15.0. The average molecular weight is 298 g/mol. The van der Waals surface area contributed by atoms with Gasteiger partial charge in [-0.15, -0.1) is 0 Å². The van der Waals surface area contributed by atoms with Crippen LogP contribution in [0.4, 0.5) is 4.79 Å². The second kappa shape index (κ2) is 8.43. The van der Waals surface area contributed by atoms with E-state index in [4.69, 9.17) is 11.6 Å². The molecule has 0 aliphatic carbocycles. The highest BCUT2D eigenvalue weighted by molar-refractivity contribution is 6.30. The predicted molar refractivity (Wildman–Crippen MR) is 79.5 cm³/mol. The minimum absolute atomic E-state index is 0.0797. The zero-order valence-corrected chi connectivity index (χ0v) is 12.5. The lowest BCUT2D eigenvalue weighted by molar-refractivity contribution is -0.125. The topological polar surface area (TPSA) is 70.2 Å². The Balaban J connectivity index is 2.45. The van der Waals surface area contributed by atoms with Crippen molar-refractivity contribution in [2.45, 2.75) is 19.9 Å². The molecule has 0 aromatic heterocycles. The molecule has 110 valence electrons. The van der Waals surface area contributed by atoms with Crippen LogP contribution in [0.25, 0.3) is 0 Å². The summed E-state index contributed by atoms with van der Waals surface area (Å²) in [6.07, 6.45) is 0.658. The van der Waals surface area contributed by atoms with Crippen LogP contribution in [0.3, 0.4) is 0 Å². The third-order valence-corrected chi connectivity index (χ3v) is 3.19. The second-order valence-corrected chi connectivity index (χ2v) is 4.85. The molecule has 6 heteroatoms. The zero-order valence-electron chi connectivity index (χ0n) is 11.7. The van der Waals surface area contributed by atoms with Crippen LogP contribution in [0.1, 0.15) is 18.9 Å². The number of urea groups is 1. The lowest BCUT2D eigenvalue weighted by Crippen LogP contribution is -2.41. The number of rotatable bonds is 6. The number of benzene rings is 1. The number of carbonyl (C=O) groups excluding carboxylic acids is 2. The van der Waals surface area contributed by atoms with Crippen molar-refractivity contribution in [3.05, 3.63) is 34.9 Å². The minimum Gasteiger partial charge on any atom is -0.352 e. The summed E-state index contributed by atoms with van der Waals surface area (Å²) < 4.78 is 0. The van der Waals surface area contributed by atoms with Gasteiger partial charge in [0.05, 0.1) is 5.92 Å². The smallest absolute Gasteiger partial charge is 0.314 e. The lowest BCUT2D eigenvalue weighted by Gasteiger charge is -2.15. The molecular weight excluding hydrogens is 278 g/mol. The molecule has 0 spiro atoms. The summed E-state index contributed by atoms with van der Waals surface area (Å²) in [6, 6.07) is 7.05. The van der Waals surface area contributed by atoms with Gasteiger partial charge < -0.3 is 16.0 Å². The molecule has 1 aromatic carbocycles. The van der Waals surface area contributed by atoms with Gasteiger partial charge in [-0.25, -0.2) is 4.79 Å². The second-order valence-electron chi connectivity index (χ2n) is 4.41. The van der Waals surface area contributed by atoms with Gasteiger partial charge in [0.2, 0.25) is 5.91 Å². The molecule has 0 aliphatic rings. The molecule has 3 N–H and O–H groups in total. The van der Waals surface area contributed by atoms with E-state index in [-0.39, 0.29) is 17.9 Å². The van der Waals surface area contributed by atoms with Crippen LogP contribution in [0.5, 0.6) is 0 Å². The van der Waals surface area contributed by atoms with Crippen LogP contribution in [0.15, 0.2) is 24.3 Å². The maximum atomic E-state index is 12.0. The van der Waals surface area contributed by atoms with Gasteiger partial charge >= 0.3 is 6.03 Å². The summed E-state index contributed by atoms with van der Waals surface area (Å²) >= 11 is 5.88. The van der Waals surface area contributed by atoms with E-state index in [9.17, 15) is 9.59 Å². The fourth-order valence-electron chi connectivity index (χ4n) is 1.71. The third-order valence-electron chi connectivity index (χ3n) is 2.96. The standard InChI is InChI=1S/C14H20ClN3O2/c1-3-11(9-18-14(20)16-2)13(19)17-8-10-5-4-6-12(15)7-10/h4-7,11H,3,8-9H2,1-2H3,(H,17,19)(H2,16,18,20). The summed E-state index contributed by atoms with van der Waals surface area (Å²) in [5.74, 6) is -0.324. The molecule has 5 nitrogen and oxygen atoms in total. The fraction of sp³-hybridized carbons (Fsp3) is 0.429. The molecule has 0 saturated heterocycles. The molecule has 0 bridgehead atoms. The van der Waals surface area contributed by atoms with Gasteiger partial charge in [-0.05, 0) is 24.1 Å². The van der Waals surface area contributed by atoms with E-state index < -0.39 is 0 Å². The quantitative estimate of drug-likeness (QED) is 0.751. The first-order valence-corrected chi connectivity index (χ1v) is 6.92. The predicted octanol–water partition coefficient (Wildman–Crippen LogP) is 1.91. The first-order chi connectivity index (χ1) is 9.56. The Morgan fingerprint density at radius 1 is 1.30 bits per heavy atom. The summed E-state index contributed by atoms with van der Waals surface area (Å²) in [7, 11) is 1.54. The van der Waals surface area contributed by atoms with E-state index >= 15 is 0 Å². The SMILES string of the molecule is CCC(CNC(=O)NC)C(=O)NCc1cccc(Cl)c1. The molecule has 0 radical (unpaired) electrons. The van der Waals surface area contributed by atoms with Gasteiger partial charge in [0.1, 0.15) is 0 Å². The van der Waals surface area contributed by atoms with Crippen molar-refractivity contribution in [1.29, 1.82) is 0 Å². The molecule has 3 amide bonds. The fourth-order valence-corrected chi connectivity index (χ4v) is 1.92. The average Bonchev–Trinajstić information content (AvgIpc) is 2.45. The van der Waals surface area contributed by atoms with Gasteiger partial charge in [0.15, 0.2) is 0 Å². The van der Waals surface area contributed by atoms with Gasteiger partial charge in [-0.1, -0.05) is 30.7 Å². The number of carbonyl (C=O) groups is 2. The molecule has 0 heterocycles. The Morgan fingerprint density at radius 3 is 2.65 bits per heavy atom. The normalized spacial score (nSPS) is 11.6. The number of amides is 3. The maximum Gasteiger partial charge on any atom is 0.314 e. The highest BCUT2D eigenvalue weighted by Gasteiger charge is 2.16. The summed E-state index contributed by atoms with van der Waals surface area (Å²) in [5, 5.41) is 8.58. The summed E-state index contributed by atoms with van der Waals surface area (Å²) in [6.45, 7) is 2.66. The molecular formula is C14H20ClN3O2. The van der Waals surface area contributed by atoms with Crippen molar-refractivity contribution in [3.63, 3.8) is 0 Å². The van der Waals surface area contributed by atoms with Crippen LogP contribution in [-0.2, 0) is 11.3 Å². The first kappa shape index (κ1) is 16.3. The van der Waals surface area contributed by atoms with Crippen LogP contribution >= 0.6 is 11.6 Å². The Morgan fingerprint density at radius 2 is 2.05 bits per heavy atom. The largest absolute Gasteiger partial charge is 0.352 e. The van der Waals surface area contributed by atoms with Crippen LogP contribution in [-0.4, -0.2) is 25.5 Å². The van der Waals surface area contributed by atoms with Gasteiger partial charge in [-0.3, -0.25) is 4.79 Å². The Bertz CT molecular complexity index is 465. The first-order valence-electron chi connectivity index (χ1n) is 6.54. The van der Waals surface area contributed by atoms with Crippen molar-refractivity contribution in [2.75, 3.05) is 13.6 Å². The number of halogens is 1. The lowest BCUT2D eigenvalue weighted by atomic mass is 10.1. The Kier molecular flexibility index (Phi) is 6.87. The maximum absolute atomic E-state index is 12.0. The number of hydrogen-bond acceptors (Lipinski definition) is 2. The molecule has 20 heavy (non-hydrogen) atoms. The van der Waals surface area contributed by atoms with Crippen molar-refractivity contribution in [2.24, 2.45) is 5.92 Å². The highest BCUT2D eigenvalue weighted by Crippen LogP contribution is 2.10. The van der Waals surface area contributed by atoms with Crippen molar-refractivity contribution >= 4 is 23.5 Å². The molecule has 1 rings (SSSR count). The van der Waals surface area contributed by atoms with Crippen LogP contribution in [0, 0.1) is 5.92 Å². The number of nitrogens with one attached hydrogen (secondary N) is 3. The molecule has 1 aromatic rings. The van der Waals surface area contributed by atoms with E-state index in [1.807, 2.05) is 25.1 Å². The minimum atomic E-state index is -0.286. The Labute approximate surface area is 124 Å². The van der Waals surface area contributed by atoms with Crippen LogP contribution in [0.2, 0.25) is 5.02 Å². The molecule has 0 saturated carbocycles. The van der Waals surface area contributed by atoms with E-state index in [2.05, 4.69) is 16.0 Å². The molecule has 1 atom stereocenters.